The highest BCUT2D eigenvalue weighted by Gasteiger charge is 2.17. The van der Waals surface area contributed by atoms with Crippen LogP contribution in [0.15, 0.2) is 24.3 Å². The van der Waals surface area contributed by atoms with Crippen molar-refractivity contribution in [1.82, 2.24) is 0 Å². The molecule has 0 amide bonds. The Morgan fingerprint density at radius 1 is 1.57 bits per heavy atom. The van der Waals surface area contributed by atoms with Gasteiger partial charge in [-0.05, 0) is 12.5 Å². The summed E-state index contributed by atoms with van der Waals surface area (Å²) < 4.78 is 5.33. The third kappa shape index (κ3) is 3.36. The Morgan fingerprint density at radius 3 is 2.93 bits per heavy atom. The van der Waals surface area contributed by atoms with Crippen molar-refractivity contribution in [2.24, 2.45) is 5.92 Å². The number of carbonyl (C=O) groups is 1. The van der Waals surface area contributed by atoms with Crippen LogP contribution in [0.5, 0.6) is 0 Å². The van der Waals surface area contributed by atoms with Crippen LogP contribution in [-0.2, 0) is 9.53 Å². The van der Waals surface area contributed by atoms with Gasteiger partial charge in [0.1, 0.15) is 6.10 Å². The maximum Gasteiger partial charge on any atom is 0.309 e. The second-order valence-electron chi connectivity index (χ2n) is 3.71. The van der Waals surface area contributed by atoms with Gasteiger partial charge in [-0.25, -0.2) is 0 Å². The van der Waals surface area contributed by atoms with Crippen LogP contribution < -0.4 is 0 Å². The van der Waals surface area contributed by atoms with E-state index in [1.54, 1.807) is 0 Å². The second-order valence-corrected chi connectivity index (χ2v) is 3.71. The molecule has 0 heterocycles. The summed E-state index contributed by atoms with van der Waals surface area (Å²) in [5, 5.41) is 0. The van der Waals surface area contributed by atoms with Crippen LogP contribution in [0.3, 0.4) is 0 Å². The third-order valence-electron chi connectivity index (χ3n) is 2.33. The Bertz CT molecular complexity index is 241. The number of esters is 1. The number of hydrogen-bond donors (Lipinski definition) is 0. The Labute approximate surface area is 85.6 Å². The molecule has 1 aliphatic rings. The predicted octanol–water partition coefficient (Wildman–Crippen LogP) is 2.85. The highest BCUT2D eigenvalue weighted by molar-refractivity contribution is 5.72. The van der Waals surface area contributed by atoms with Crippen molar-refractivity contribution in [1.29, 1.82) is 0 Å². The first-order valence-corrected chi connectivity index (χ1v) is 5.28. The van der Waals surface area contributed by atoms with Crippen LogP contribution in [0.2, 0.25) is 0 Å². The molecule has 78 valence electrons. The summed E-state index contributed by atoms with van der Waals surface area (Å²) in [6, 6.07) is 0. The smallest absolute Gasteiger partial charge is 0.309 e. The van der Waals surface area contributed by atoms with Gasteiger partial charge in [0, 0.05) is 6.42 Å². The summed E-state index contributed by atoms with van der Waals surface area (Å²) in [4.78, 5) is 11.5. The van der Waals surface area contributed by atoms with Gasteiger partial charge in [0.05, 0.1) is 5.92 Å². The van der Waals surface area contributed by atoms with Crippen LogP contribution in [0.4, 0.5) is 0 Å². The van der Waals surface area contributed by atoms with Gasteiger partial charge in [-0.15, -0.1) is 0 Å². The van der Waals surface area contributed by atoms with E-state index >= 15 is 0 Å². The van der Waals surface area contributed by atoms with Crippen molar-refractivity contribution in [3.05, 3.63) is 24.3 Å². The van der Waals surface area contributed by atoms with Crippen molar-refractivity contribution in [2.45, 2.75) is 39.2 Å². The summed E-state index contributed by atoms with van der Waals surface area (Å²) in [6.45, 7) is 4.00. The molecule has 0 saturated carbocycles. The molecule has 2 nitrogen and oxygen atoms in total. The molecular weight excluding hydrogens is 176 g/mol. The molecule has 0 spiro atoms. The van der Waals surface area contributed by atoms with E-state index in [0.717, 1.165) is 19.3 Å². The fourth-order valence-electron chi connectivity index (χ4n) is 1.46. The first-order chi connectivity index (χ1) is 6.74. The molecule has 0 aromatic rings. The monoisotopic (exact) mass is 194 g/mol. The highest BCUT2D eigenvalue weighted by atomic mass is 16.5. The van der Waals surface area contributed by atoms with Gasteiger partial charge in [0.25, 0.3) is 0 Å². The average Bonchev–Trinajstić information content (AvgIpc) is 2.19. The van der Waals surface area contributed by atoms with Crippen molar-refractivity contribution in [2.75, 3.05) is 0 Å². The van der Waals surface area contributed by atoms with Crippen molar-refractivity contribution < 1.29 is 9.53 Å². The van der Waals surface area contributed by atoms with E-state index in [4.69, 9.17) is 4.74 Å². The van der Waals surface area contributed by atoms with Gasteiger partial charge in [-0.1, -0.05) is 38.5 Å². The molecule has 0 aliphatic heterocycles. The molecule has 0 aromatic carbocycles. The topological polar surface area (TPSA) is 26.3 Å². The van der Waals surface area contributed by atoms with Gasteiger partial charge in [0.2, 0.25) is 0 Å². The SMILES string of the molecule is CCCC(C)C(=O)OC1C=CC=CC1. The summed E-state index contributed by atoms with van der Waals surface area (Å²) >= 11 is 0. The van der Waals surface area contributed by atoms with E-state index in [0.29, 0.717) is 0 Å². The quantitative estimate of drug-likeness (QED) is 0.643. The van der Waals surface area contributed by atoms with Gasteiger partial charge < -0.3 is 4.74 Å². The summed E-state index contributed by atoms with van der Waals surface area (Å²) in [6.07, 6.45) is 10.5. The lowest BCUT2D eigenvalue weighted by atomic mass is 10.1. The van der Waals surface area contributed by atoms with Crippen molar-refractivity contribution in [3.63, 3.8) is 0 Å². The lowest BCUT2D eigenvalue weighted by Gasteiger charge is -2.17. The largest absolute Gasteiger partial charge is 0.458 e. The maximum atomic E-state index is 11.5. The summed E-state index contributed by atoms with van der Waals surface area (Å²) in [5.41, 5.74) is 0. The van der Waals surface area contributed by atoms with Gasteiger partial charge in [-0.2, -0.15) is 0 Å². The normalized spacial score (nSPS) is 22.0. The maximum absolute atomic E-state index is 11.5. The van der Waals surface area contributed by atoms with E-state index in [1.807, 2.05) is 31.2 Å². The summed E-state index contributed by atoms with van der Waals surface area (Å²) in [5.74, 6) is -0.0453. The molecule has 2 heteroatoms. The predicted molar refractivity (Wildman–Crippen MR) is 56.8 cm³/mol. The molecular formula is C12H18O2. The molecule has 1 aliphatic carbocycles. The van der Waals surface area contributed by atoms with Crippen molar-refractivity contribution in [3.8, 4) is 0 Å². The van der Waals surface area contributed by atoms with E-state index in [-0.39, 0.29) is 18.0 Å². The van der Waals surface area contributed by atoms with Gasteiger partial charge in [0.15, 0.2) is 0 Å². The van der Waals surface area contributed by atoms with Gasteiger partial charge >= 0.3 is 5.97 Å². The first kappa shape index (κ1) is 11.0. The Balaban J connectivity index is 2.33. The van der Waals surface area contributed by atoms with Crippen LogP contribution in [0, 0.1) is 5.92 Å². The first-order valence-electron chi connectivity index (χ1n) is 5.28. The number of ether oxygens (including phenoxy) is 1. The molecule has 2 atom stereocenters. The third-order valence-corrected chi connectivity index (χ3v) is 2.33. The van der Waals surface area contributed by atoms with Crippen LogP contribution in [0.1, 0.15) is 33.1 Å². The van der Waals surface area contributed by atoms with Gasteiger partial charge in [-0.3, -0.25) is 4.79 Å². The zero-order chi connectivity index (χ0) is 10.4. The molecule has 0 saturated heterocycles. The average molecular weight is 194 g/mol. The molecule has 0 radical (unpaired) electrons. The fourth-order valence-corrected chi connectivity index (χ4v) is 1.46. The van der Waals surface area contributed by atoms with E-state index in [9.17, 15) is 4.79 Å². The number of hydrogen-bond acceptors (Lipinski definition) is 2. The molecule has 0 fully saturated rings. The van der Waals surface area contributed by atoms with Crippen LogP contribution >= 0.6 is 0 Å². The number of rotatable bonds is 4. The Kier molecular flexibility index (Phi) is 4.44. The van der Waals surface area contributed by atoms with Crippen LogP contribution in [0.25, 0.3) is 0 Å². The number of carbonyl (C=O) groups excluding carboxylic acids is 1. The van der Waals surface area contributed by atoms with Crippen LogP contribution in [-0.4, -0.2) is 12.1 Å². The molecule has 2 unspecified atom stereocenters. The minimum absolute atomic E-state index is 0.0271. The second kappa shape index (κ2) is 5.63. The zero-order valence-corrected chi connectivity index (χ0v) is 8.90. The summed E-state index contributed by atoms with van der Waals surface area (Å²) in [7, 11) is 0. The minimum Gasteiger partial charge on any atom is -0.458 e. The zero-order valence-electron chi connectivity index (χ0n) is 8.90. The standard InChI is InChI=1S/C12H18O2/c1-3-7-10(2)12(13)14-11-8-5-4-6-9-11/h4-6,8,10-11H,3,7,9H2,1-2H3. The minimum atomic E-state index is -0.0724. The molecule has 0 aromatic heterocycles. The number of allylic oxidation sites excluding steroid dienone is 2. The highest BCUT2D eigenvalue weighted by Crippen LogP contribution is 2.13. The van der Waals surface area contributed by atoms with E-state index < -0.39 is 0 Å². The fraction of sp³-hybridized carbons (Fsp3) is 0.583. The van der Waals surface area contributed by atoms with Crippen molar-refractivity contribution >= 4 is 5.97 Å². The Morgan fingerprint density at radius 2 is 2.36 bits per heavy atom. The molecule has 1 rings (SSSR count). The molecule has 0 N–H and O–H groups in total. The molecule has 14 heavy (non-hydrogen) atoms. The lowest BCUT2D eigenvalue weighted by molar-refractivity contribution is -0.151. The lowest BCUT2D eigenvalue weighted by Crippen LogP contribution is -2.21. The Hall–Kier alpha value is -1.05. The van der Waals surface area contributed by atoms with E-state index in [2.05, 4.69) is 6.92 Å². The van der Waals surface area contributed by atoms with E-state index in [1.165, 1.54) is 0 Å². The molecule has 0 bridgehead atoms.